The van der Waals surface area contributed by atoms with Crippen LogP contribution in [-0.2, 0) is 4.79 Å². The van der Waals surface area contributed by atoms with Gasteiger partial charge < -0.3 is 5.32 Å². The highest BCUT2D eigenvalue weighted by atomic mass is 35.5. The van der Waals surface area contributed by atoms with Crippen LogP contribution in [0.3, 0.4) is 0 Å². The largest absolute Gasteiger partial charge is 0.350 e. The molecule has 1 amide bonds. The van der Waals surface area contributed by atoms with Crippen molar-refractivity contribution >= 4 is 35.2 Å². The fraction of sp³-hybridized carbons (Fsp3) is 0.400. The van der Waals surface area contributed by atoms with Crippen molar-refractivity contribution in [3.05, 3.63) is 39.9 Å². The molecule has 0 spiro atoms. The van der Waals surface area contributed by atoms with Crippen molar-refractivity contribution in [3.8, 4) is 0 Å². The van der Waals surface area contributed by atoms with E-state index >= 15 is 0 Å². The Hall–Kier alpha value is -0.990. The second kappa shape index (κ2) is 6.97. The highest BCUT2D eigenvalue weighted by Crippen LogP contribution is 2.25. The van der Waals surface area contributed by atoms with Crippen molar-refractivity contribution in [3.63, 3.8) is 0 Å². The molecule has 0 heterocycles. The average molecular weight is 298 g/mol. The number of hydrogen-bond acceptors (Lipinski definition) is 1. The molecule has 4 heteroatoms. The van der Waals surface area contributed by atoms with Crippen molar-refractivity contribution < 1.29 is 4.79 Å². The van der Waals surface area contributed by atoms with Crippen LogP contribution < -0.4 is 5.32 Å². The van der Waals surface area contributed by atoms with E-state index in [2.05, 4.69) is 5.32 Å². The van der Waals surface area contributed by atoms with Gasteiger partial charge in [-0.15, -0.1) is 0 Å². The first-order valence-corrected chi connectivity index (χ1v) is 7.35. The third-order valence-electron chi connectivity index (χ3n) is 3.35. The molecule has 1 saturated carbocycles. The van der Waals surface area contributed by atoms with E-state index in [4.69, 9.17) is 23.2 Å². The number of nitrogens with one attached hydrogen (secondary N) is 1. The van der Waals surface area contributed by atoms with Crippen LogP contribution in [0, 0.1) is 0 Å². The van der Waals surface area contributed by atoms with Crippen molar-refractivity contribution in [2.24, 2.45) is 0 Å². The number of carbonyl (C=O) groups excluding carboxylic acids is 1. The van der Waals surface area contributed by atoms with Gasteiger partial charge in [0.25, 0.3) is 0 Å². The Morgan fingerprint density at radius 3 is 2.42 bits per heavy atom. The fourth-order valence-corrected chi connectivity index (χ4v) is 2.85. The molecule has 0 radical (unpaired) electrons. The van der Waals surface area contributed by atoms with Crippen LogP contribution in [0.5, 0.6) is 0 Å². The SMILES string of the molecule is O=C(/C=C/c1c(Cl)cccc1Cl)NC1CCCCC1. The summed E-state index contributed by atoms with van der Waals surface area (Å²) in [6, 6.07) is 5.61. The zero-order valence-electron chi connectivity index (χ0n) is 10.7. The van der Waals surface area contributed by atoms with Gasteiger partial charge in [0.1, 0.15) is 0 Å². The molecule has 0 bridgehead atoms. The summed E-state index contributed by atoms with van der Waals surface area (Å²) in [4.78, 5) is 11.8. The summed E-state index contributed by atoms with van der Waals surface area (Å²) >= 11 is 12.1. The minimum absolute atomic E-state index is 0.0807. The smallest absolute Gasteiger partial charge is 0.244 e. The van der Waals surface area contributed by atoms with Gasteiger partial charge in [-0.25, -0.2) is 0 Å². The molecule has 1 aromatic carbocycles. The van der Waals surface area contributed by atoms with E-state index in [-0.39, 0.29) is 5.91 Å². The standard InChI is InChI=1S/C15H17Cl2NO/c16-13-7-4-8-14(17)12(13)9-10-15(19)18-11-5-2-1-3-6-11/h4,7-11H,1-3,5-6H2,(H,18,19)/b10-9+. The van der Waals surface area contributed by atoms with Gasteiger partial charge >= 0.3 is 0 Å². The molecular weight excluding hydrogens is 281 g/mol. The topological polar surface area (TPSA) is 29.1 Å². The zero-order valence-corrected chi connectivity index (χ0v) is 12.2. The minimum atomic E-state index is -0.0807. The number of rotatable bonds is 3. The highest BCUT2D eigenvalue weighted by molar-refractivity contribution is 6.37. The molecule has 0 saturated heterocycles. The van der Waals surface area contributed by atoms with Crippen LogP contribution in [0.25, 0.3) is 6.08 Å². The Balaban J connectivity index is 1.96. The van der Waals surface area contributed by atoms with E-state index in [1.165, 1.54) is 25.3 Å². The van der Waals surface area contributed by atoms with E-state index in [1.54, 1.807) is 24.3 Å². The normalized spacial score (nSPS) is 16.7. The molecule has 1 N–H and O–H groups in total. The molecular formula is C15H17Cl2NO. The summed E-state index contributed by atoms with van der Waals surface area (Å²) < 4.78 is 0. The Morgan fingerprint density at radius 1 is 1.16 bits per heavy atom. The second-order valence-electron chi connectivity index (χ2n) is 4.81. The van der Waals surface area contributed by atoms with Crippen molar-refractivity contribution in [1.29, 1.82) is 0 Å². The number of halogens is 2. The highest BCUT2D eigenvalue weighted by Gasteiger charge is 2.14. The van der Waals surface area contributed by atoms with E-state index in [9.17, 15) is 4.79 Å². The van der Waals surface area contributed by atoms with Crippen LogP contribution in [0.1, 0.15) is 37.7 Å². The lowest BCUT2D eigenvalue weighted by Crippen LogP contribution is -2.34. The van der Waals surface area contributed by atoms with Gasteiger partial charge in [0.05, 0.1) is 0 Å². The Morgan fingerprint density at radius 2 is 1.79 bits per heavy atom. The third-order valence-corrected chi connectivity index (χ3v) is 4.01. The van der Waals surface area contributed by atoms with Crippen LogP contribution >= 0.6 is 23.2 Å². The fourth-order valence-electron chi connectivity index (χ4n) is 2.33. The van der Waals surface area contributed by atoms with Crippen molar-refractivity contribution in [2.45, 2.75) is 38.1 Å². The van der Waals surface area contributed by atoms with Gasteiger partial charge in [-0.05, 0) is 31.1 Å². The molecule has 1 fully saturated rings. The first kappa shape index (κ1) is 14.4. The van der Waals surface area contributed by atoms with Gasteiger partial charge in [0, 0.05) is 27.7 Å². The predicted molar refractivity (Wildman–Crippen MR) is 80.5 cm³/mol. The lowest BCUT2D eigenvalue weighted by atomic mass is 9.95. The Kier molecular flexibility index (Phi) is 5.29. The molecule has 1 aliphatic rings. The molecule has 2 nitrogen and oxygen atoms in total. The van der Waals surface area contributed by atoms with Crippen LogP contribution in [0.15, 0.2) is 24.3 Å². The molecule has 0 atom stereocenters. The van der Waals surface area contributed by atoms with Crippen molar-refractivity contribution in [2.75, 3.05) is 0 Å². The maximum absolute atomic E-state index is 11.8. The molecule has 0 unspecified atom stereocenters. The van der Waals surface area contributed by atoms with Crippen molar-refractivity contribution in [1.82, 2.24) is 5.32 Å². The molecule has 102 valence electrons. The second-order valence-corrected chi connectivity index (χ2v) is 5.63. The van der Waals surface area contributed by atoms with Gasteiger partial charge in [-0.2, -0.15) is 0 Å². The van der Waals surface area contributed by atoms with E-state index in [0.29, 0.717) is 21.7 Å². The van der Waals surface area contributed by atoms with Gasteiger partial charge in [0.2, 0.25) is 5.91 Å². The van der Waals surface area contributed by atoms with Gasteiger partial charge in [-0.1, -0.05) is 48.5 Å². The first-order valence-electron chi connectivity index (χ1n) is 6.59. The molecule has 2 rings (SSSR count). The first-order chi connectivity index (χ1) is 9.16. The van der Waals surface area contributed by atoms with Crippen LogP contribution in [-0.4, -0.2) is 11.9 Å². The number of amides is 1. The molecule has 1 aliphatic carbocycles. The van der Waals surface area contributed by atoms with E-state index in [1.807, 2.05) is 0 Å². The Labute approximate surface area is 123 Å². The molecule has 0 aliphatic heterocycles. The van der Waals surface area contributed by atoms with Crippen LogP contribution in [0.2, 0.25) is 10.0 Å². The zero-order chi connectivity index (χ0) is 13.7. The lowest BCUT2D eigenvalue weighted by Gasteiger charge is -2.21. The van der Waals surface area contributed by atoms with Crippen LogP contribution in [0.4, 0.5) is 0 Å². The summed E-state index contributed by atoms with van der Waals surface area (Å²) in [6.45, 7) is 0. The summed E-state index contributed by atoms with van der Waals surface area (Å²) in [5.74, 6) is -0.0807. The molecule has 1 aromatic rings. The minimum Gasteiger partial charge on any atom is -0.350 e. The maximum atomic E-state index is 11.8. The summed E-state index contributed by atoms with van der Waals surface area (Å²) in [6.07, 6.45) is 9.00. The summed E-state index contributed by atoms with van der Waals surface area (Å²) in [5, 5.41) is 4.12. The third kappa shape index (κ3) is 4.26. The number of hydrogen-bond donors (Lipinski definition) is 1. The molecule has 19 heavy (non-hydrogen) atoms. The average Bonchev–Trinajstić information content (AvgIpc) is 2.39. The Bertz CT molecular complexity index is 459. The van der Waals surface area contributed by atoms with E-state index < -0.39 is 0 Å². The predicted octanol–water partition coefficient (Wildman–Crippen LogP) is 4.46. The van der Waals surface area contributed by atoms with E-state index in [0.717, 1.165) is 12.8 Å². The van der Waals surface area contributed by atoms with Gasteiger partial charge in [0.15, 0.2) is 0 Å². The number of carbonyl (C=O) groups is 1. The van der Waals surface area contributed by atoms with Gasteiger partial charge in [-0.3, -0.25) is 4.79 Å². The number of benzene rings is 1. The quantitative estimate of drug-likeness (QED) is 0.820. The lowest BCUT2D eigenvalue weighted by molar-refractivity contribution is -0.117. The maximum Gasteiger partial charge on any atom is 0.244 e. The summed E-state index contributed by atoms with van der Waals surface area (Å²) in [7, 11) is 0. The summed E-state index contributed by atoms with van der Waals surface area (Å²) in [5.41, 5.74) is 0.685. The molecule has 0 aromatic heterocycles. The monoisotopic (exact) mass is 297 g/mol.